The van der Waals surface area contributed by atoms with Gasteiger partial charge in [-0.3, -0.25) is 4.79 Å². The van der Waals surface area contributed by atoms with Crippen LogP contribution in [-0.4, -0.2) is 53.1 Å². The molecule has 0 saturated heterocycles. The summed E-state index contributed by atoms with van der Waals surface area (Å²) in [6, 6.07) is 6.26. The number of pyridine rings is 1. The molecule has 8 nitrogen and oxygen atoms in total. The lowest BCUT2D eigenvalue weighted by atomic mass is 10.2. The van der Waals surface area contributed by atoms with Gasteiger partial charge in [0, 0.05) is 37.8 Å². The van der Waals surface area contributed by atoms with Gasteiger partial charge in [-0.25, -0.2) is 18.4 Å². The molecule has 3 rings (SSSR count). The molecule has 1 aromatic carbocycles. The molecule has 2 aromatic heterocycles. The number of carbonyl (C=O) groups is 1. The van der Waals surface area contributed by atoms with Crippen LogP contribution in [0.1, 0.15) is 67.0 Å². The molecule has 0 unspecified atom stereocenters. The summed E-state index contributed by atoms with van der Waals surface area (Å²) < 4.78 is 28.1. The molecule has 0 aliphatic carbocycles. The van der Waals surface area contributed by atoms with E-state index < -0.39 is 9.84 Å². The Hall–Kier alpha value is -2.94. The minimum Gasteiger partial charge on any atom is -0.382 e. The number of aromatic nitrogens is 3. The number of nitrogens with two attached hydrogens (primary N) is 1. The van der Waals surface area contributed by atoms with Crippen LogP contribution in [0.2, 0.25) is 0 Å². The van der Waals surface area contributed by atoms with Crippen LogP contribution in [0.25, 0.3) is 11.0 Å². The highest BCUT2D eigenvalue weighted by Crippen LogP contribution is 2.27. The topological polar surface area (TPSA) is 111 Å². The van der Waals surface area contributed by atoms with Gasteiger partial charge in [-0.2, -0.15) is 0 Å². The summed E-state index contributed by atoms with van der Waals surface area (Å²) in [7, 11) is -1.72. The summed E-state index contributed by atoms with van der Waals surface area (Å²) in [5.74, 6) is 1.21. The highest BCUT2D eigenvalue weighted by Gasteiger charge is 2.20. The number of nitrogen functional groups attached to an aromatic ring is 1. The van der Waals surface area contributed by atoms with E-state index >= 15 is 0 Å². The fraction of sp³-hybridized carbons (Fsp3) is 0.500. The Morgan fingerprint density at radius 1 is 1.06 bits per heavy atom. The standard InChI is InChI=1S/C26H37N5O3S/c1-6-8-15-30(5)26(32)20-11-13-21(14-12-20)35(33,34)17-9-16-31-22(10-7-2)29-23-24(31)18(3)19(4)28-25(23)27/h11-14H,6-10,15-17H2,1-5H3,(H2,27,28). The molecule has 0 radical (unpaired) electrons. The van der Waals surface area contributed by atoms with E-state index in [1.54, 1.807) is 24.1 Å². The van der Waals surface area contributed by atoms with Crippen LogP contribution in [0.4, 0.5) is 5.82 Å². The molecule has 0 atom stereocenters. The van der Waals surface area contributed by atoms with Crippen molar-refractivity contribution in [2.75, 3.05) is 25.1 Å². The molecule has 1 amide bonds. The highest BCUT2D eigenvalue weighted by molar-refractivity contribution is 7.91. The van der Waals surface area contributed by atoms with E-state index in [0.717, 1.165) is 48.3 Å². The number of nitrogens with zero attached hydrogens (tertiary/aromatic N) is 4. The normalized spacial score (nSPS) is 11.8. The molecular weight excluding hydrogens is 462 g/mol. The maximum Gasteiger partial charge on any atom is 0.253 e. The van der Waals surface area contributed by atoms with Crippen LogP contribution < -0.4 is 5.73 Å². The SMILES string of the molecule is CCCCN(C)C(=O)c1ccc(S(=O)(=O)CCCn2c(CCC)nc3c(N)nc(C)c(C)c32)cc1. The highest BCUT2D eigenvalue weighted by atomic mass is 32.2. The van der Waals surface area contributed by atoms with Gasteiger partial charge in [0.15, 0.2) is 15.7 Å². The Kier molecular flexibility index (Phi) is 8.53. The van der Waals surface area contributed by atoms with Gasteiger partial charge in [-0.05, 0) is 62.9 Å². The van der Waals surface area contributed by atoms with Crippen molar-refractivity contribution in [2.24, 2.45) is 0 Å². The predicted molar refractivity (Wildman–Crippen MR) is 140 cm³/mol. The monoisotopic (exact) mass is 499 g/mol. The van der Waals surface area contributed by atoms with Gasteiger partial charge in [0.1, 0.15) is 11.3 Å². The fourth-order valence-electron chi connectivity index (χ4n) is 4.25. The Labute approximate surface area is 208 Å². The van der Waals surface area contributed by atoms with Gasteiger partial charge in [0.05, 0.1) is 16.2 Å². The number of amides is 1. The lowest BCUT2D eigenvalue weighted by molar-refractivity contribution is 0.0793. The molecule has 0 spiro atoms. The molecule has 190 valence electrons. The average Bonchev–Trinajstić information content (AvgIpc) is 3.19. The number of hydrogen-bond acceptors (Lipinski definition) is 6. The number of anilines is 1. The smallest absolute Gasteiger partial charge is 0.253 e. The second-order valence-electron chi connectivity index (χ2n) is 9.11. The van der Waals surface area contributed by atoms with Crippen LogP contribution in [0.3, 0.4) is 0 Å². The van der Waals surface area contributed by atoms with E-state index in [1.165, 1.54) is 12.1 Å². The van der Waals surface area contributed by atoms with E-state index in [2.05, 4.69) is 23.4 Å². The van der Waals surface area contributed by atoms with Gasteiger partial charge >= 0.3 is 0 Å². The quantitative estimate of drug-likeness (QED) is 0.421. The summed E-state index contributed by atoms with van der Waals surface area (Å²) in [6.07, 6.45) is 4.08. The van der Waals surface area contributed by atoms with Crippen LogP contribution in [-0.2, 0) is 22.8 Å². The molecule has 3 aromatic rings. The number of imidazole rings is 1. The van der Waals surface area contributed by atoms with Crippen molar-refractivity contribution in [1.29, 1.82) is 0 Å². The molecule has 0 aliphatic heterocycles. The van der Waals surface area contributed by atoms with Gasteiger partial charge in [0.2, 0.25) is 0 Å². The first kappa shape index (κ1) is 26.7. The molecule has 0 saturated carbocycles. The first-order valence-electron chi connectivity index (χ1n) is 12.3. The Balaban J connectivity index is 1.76. The van der Waals surface area contributed by atoms with Gasteiger partial charge in [-0.15, -0.1) is 0 Å². The van der Waals surface area contributed by atoms with Crippen molar-refractivity contribution in [2.45, 2.75) is 71.2 Å². The van der Waals surface area contributed by atoms with Crippen molar-refractivity contribution < 1.29 is 13.2 Å². The minimum absolute atomic E-state index is 0.000525. The van der Waals surface area contributed by atoms with Crippen molar-refractivity contribution in [3.63, 3.8) is 0 Å². The summed E-state index contributed by atoms with van der Waals surface area (Å²) in [5.41, 5.74) is 10.1. The van der Waals surface area contributed by atoms with E-state index in [0.29, 0.717) is 36.4 Å². The van der Waals surface area contributed by atoms with Crippen LogP contribution in [0.15, 0.2) is 29.2 Å². The number of benzene rings is 1. The number of rotatable bonds is 11. The fourth-order valence-corrected chi connectivity index (χ4v) is 5.55. The van der Waals surface area contributed by atoms with Crippen molar-refractivity contribution in [3.8, 4) is 0 Å². The maximum absolute atomic E-state index is 13.0. The first-order chi connectivity index (χ1) is 16.6. The number of unbranched alkanes of at least 4 members (excludes halogenated alkanes) is 1. The number of sulfone groups is 1. The maximum atomic E-state index is 13.0. The number of aryl methyl sites for hydroxylation is 4. The molecule has 35 heavy (non-hydrogen) atoms. The summed E-state index contributed by atoms with van der Waals surface area (Å²) in [6.45, 7) is 9.28. The van der Waals surface area contributed by atoms with Gasteiger partial charge < -0.3 is 15.2 Å². The van der Waals surface area contributed by atoms with Crippen LogP contribution >= 0.6 is 0 Å². The van der Waals surface area contributed by atoms with Crippen molar-refractivity contribution in [1.82, 2.24) is 19.4 Å². The van der Waals surface area contributed by atoms with Gasteiger partial charge in [0.25, 0.3) is 5.91 Å². The summed E-state index contributed by atoms with van der Waals surface area (Å²) in [5, 5.41) is 0. The van der Waals surface area contributed by atoms with Gasteiger partial charge in [-0.1, -0.05) is 20.3 Å². The van der Waals surface area contributed by atoms with Crippen LogP contribution in [0.5, 0.6) is 0 Å². The molecule has 0 bridgehead atoms. The lowest BCUT2D eigenvalue weighted by Gasteiger charge is -2.17. The average molecular weight is 500 g/mol. The molecule has 0 aliphatic rings. The first-order valence-corrected chi connectivity index (χ1v) is 14.0. The Morgan fingerprint density at radius 2 is 1.74 bits per heavy atom. The third-order valence-electron chi connectivity index (χ3n) is 6.40. The second kappa shape index (κ2) is 11.2. The molecule has 2 N–H and O–H groups in total. The lowest BCUT2D eigenvalue weighted by Crippen LogP contribution is -2.27. The molecule has 2 heterocycles. The molecular formula is C26H37N5O3S. The van der Waals surface area contributed by atoms with E-state index in [-0.39, 0.29) is 16.6 Å². The van der Waals surface area contributed by atoms with E-state index in [4.69, 9.17) is 10.7 Å². The second-order valence-corrected chi connectivity index (χ2v) is 11.2. The zero-order valence-corrected chi connectivity index (χ0v) is 22.3. The predicted octanol–water partition coefficient (Wildman–Crippen LogP) is 4.32. The number of hydrogen-bond donors (Lipinski definition) is 1. The van der Waals surface area contributed by atoms with Crippen molar-refractivity contribution in [3.05, 3.63) is 46.9 Å². The zero-order valence-electron chi connectivity index (χ0n) is 21.5. The molecule has 0 fully saturated rings. The largest absolute Gasteiger partial charge is 0.382 e. The van der Waals surface area contributed by atoms with Crippen molar-refractivity contribution >= 4 is 32.6 Å². The van der Waals surface area contributed by atoms with Crippen LogP contribution in [0, 0.1) is 13.8 Å². The number of carbonyl (C=O) groups excluding carboxylic acids is 1. The molecule has 9 heteroatoms. The minimum atomic E-state index is -3.49. The number of fused-ring (bicyclic) bond motifs is 1. The third kappa shape index (κ3) is 5.83. The Morgan fingerprint density at radius 3 is 2.37 bits per heavy atom. The summed E-state index contributed by atoms with van der Waals surface area (Å²) >= 11 is 0. The van der Waals surface area contributed by atoms with E-state index in [1.807, 2.05) is 13.8 Å². The summed E-state index contributed by atoms with van der Waals surface area (Å²) in [4.78, 5) is 23.6. The zero-order chi connectivity index (χ0) is 25.8. The third-order valence-corrected chi connectivity index (χ3v) is 8.21. The Bertz CT molecular complexity index is 1300. The van der Waals surface area contributed by atoms with E-state index in [9.17, 15) is 13.2 Å².